The topological polar surface area (TPSA) is 55.8 Å². The van der Waals surface area contributed by atoms with Crippen molar-refractivity contribution >= 4 is 21.9 Å². The van der Waals surface area contributed by atoms with Crippen LogP contribution >= 0.6 is 15.9 Å². The van der Waals surface area contributed by atoms with Crippen molar-refractivity contribution in [1.29, 1.82) is 0 Å². The van der Waals surface area contributed by atoms with Crippen molar-refractivity contribution in [3.05, 3.63) is 28.7 Å². The van der Waals surface area contributed by atoms with E-state index in [-0.39, 0.29) is 6.61 Å². The van der Waals surface area contributed by atoms with E-state index in [1.165, 1.54) is 7.11 Å². The number of rotatable bonds is 5. The zero-order chi connectivity index (χ0) is 11.3. The maximum atomic E-state index is 10.8. The quantitative estimate of drug-likeness (QED) is 0.892. The lowest BCUT2D eigenvalue weighted by Crippen LogP contribution is -2.31. The Kier molecular flexibility index (Phi) is 4.58. The molecule has 0 spiro atoms. The van der Waals surface area contributed by atoms with Gasteiger partial charge in [0.25, 0.3) is 0 Å². The molecule has 1 rings (SSSR count). The summed E-state index contributed by atoms with van der Waals surface area (Å²) < 4.78 is 10.8. The minimum Gasteiger partial charge on any atom is -0.478 e. The van der Waals surface area contributed by atoms with Crippen LogP contribution in [0.2, 0.25) is 0 Å². The second kappa shape index (κ2) is 5.72. The number of carbonyl (C=O) groups is 1. The summed E-state index contributed by atoms with van der Waals surface area (Å²) in [6.45, 7) is 0.0157. The molecule has 1 atom stereocenters. The number of carboxylic acid groups (broad SMARTS) is 1. The zero-order valence-electron chi connectivity index (χ0n) is 8.14. The van der Waals surface area contributed by atoms with E-state index in [0.29, 0.717) is 5.75 Å². The fourth-order valence-electron chi connectivity index (χ4n) is 1.01. The summed E-state index contributed by atoms with van der Waals surface area (Å²) in [6.07, 6.45) is -0.982. The summed E-state index contributed by atoms with van der Waals surface area (Å²) >= 11 is 3.27. The molecule has 0 radical (unpaired) electrons. The summed E-state index contributed by atoms with van der Waals surface area (Å²) in [6, 6.07) is 6.99. The molecule has 82 valence electrons. The smallest absolute Gasteiger partial charge is 0.347 e. The first kappa shape index (κ1) is 12.0. The van der Waals surface area contributed by atoms with Crippen molar-refractivity contribution in [2.45, 2.75) is 6.10 Å². The molecule has 1 aromatic rings. The molecular formula is C10H11BrO4. The number of halogens is 1. The predicted octanol–water partition coefficient (Wildman–Crippen LogP) is 1.93. The van der Waals surface area contributed by atoms with Gasteiger partial charge in [-0.1, -0.05) is 22.0 Å². The van der Waals surface area contributed by atoms with Gasteiger partial charge < -0.3 is 14.6 Å². The number of carboxylic acids is 1. The van der Waals surface area contributed by atoms with Crippen LogP contribution in [-0.2, 0) is 9.53 Å². The standard InChI is InChI=1S/C10H11BrO4/c1-14-6-9(10(12)13)15-8-4-2-3-7(11)5-8/h2-5,9H,6H2,1H3,(H,12,13). The highest BCUT2D eigenvalue weighted by Crippen LogP contribution is 2.18. The minimum atomic E-state index is -1.04. The van der Waals surface area contributed by atoms with Crippen molar-refractivity contribution in [2.75, 3.05) is 13.7 Å². The highest BCUT2D eigenvalue weighted by molar-refractivity contribution is 9.10. The van der Waals surface area contributed by atoms with Gasteiger partial charge in [0.15, 0.2) is 0 Å². The average Bonchev–Trinajstić information content (AvgIpc) is 2.17. The monoisotopic (exact) mass is 274 g/mol. The van der Waals surface area contributed by atoms with E-state index in [9.17, 15) is 4.79 Å². The predicted molar refractivity (Wildman–Crippen MR) is 58.1 cm³/mol. The maximum absolute atomic E-state index is 10.8. The first-order valence-corrected chi connectivity index (χ1v) is 5.06. The summed E-state index contributed by atoms with van der Waals surface area (Å²) in [5, 5.41) is 8.82. The third-order valence-corrected chi connectivity index (χ3v) is 2.16. The Hall–Kier alpha value is -1.07. The van der Waals surface area contributed by atoms with Gasteiger partial charge in [-0.25, -0.2) is 4.79 Å². The van der Waals surface area contributed by atoms with E-state index < -0.39 is 12.1 Å². The average molecular weight is 275 g/mol. The molecule has 5 heteroatoms. The lowest BCUT2D eigenvalue weighted by molar-refractivity contribution is -0.147. The van der Waals surface area contributed by atoms with Gasteiger partial charge in [-0.05, 0) is 18.2 Å². The van der Waals surface area contributed by atoms with Gasteiger partial charge in [-0.15, -0.1) is 0 Å². The Morgan fingerprint density at radius 2 is 2.33 bits per heavy atom. The normalized spacial score (nSPS) is 12.1. The third-order valence-electron chi connectivity index (χ3n) is 1.67. The summed E-state index contributed by atoms with van der Waals surface area (Å²) in [5.41, 5.74) is 0. The van der Waals surface area contributed by atoms with E-state index in [4.69, 9.17) is 14.6 Å². The summed E-state index contributed by atoms with van der Waals surface area (Å²) in [5.74, 6) is -0.550. The highest BCUT2D eigenvalue weighted by atomic mass is 79.9. The Bertz CT molecular complexity index is 340. The molecule has 0 aromatic heterocycles. The number of hydrogen-bond acceptors (Lipinski definition) is 3. The van der Waals surface area contributed by atoms with E-state index in [2.05, 4.69) is 15.9 Å². The molecule has 0 saturated heterocycles. The van der Waals surface area contributed by atoms with Crippen molar-refractivity contribution < 1.29 is 19.4 Å². The van der Waals surface area contributed by atoms with E-state index >= 15 is 0 Å². The number of aliphatic carboxylic acids is 1. The second-order valence-corrected chi connectivity index (χ2v) is 3.77. The lowest BCUT2D eigenvalue weighted by Gasteiger charge is -2.14. The molecule has 0 aliphatic heterocycles. The first-order valence-electron chi connectivity index (χ1n) is 4.27. The van der Waals surface area contributed by atoms with E-state index in [0.717, 1.165) is 4.47 Å². The first-order chi connectivity index (χ1) is 7.13. The molecule has 15 heavy (non-hydrogen) atoms. The Morgan fingerprint density at radius 1 is 1.60 bits per heavy atom. The molecule has 1 aromatic carbocycles. The fourth-order valence-corrected chi connectivity index (χ4v) is 1.39. The molecular weight excluding hydrogens is 264 g/mol. The summed E-state index contributed by atoms with van der Waals surface area (Å²) in [7, 11) is 1.43. The molecule has 0 aliphatic rings. The minimum absolute atomic E-state index is 0.0157. The molecule has 0 amide bonds. The van der Waals surface area contributed by atoms with E-state index in [1.807, 2.05) is 6.07 Å². The van der Waals surface area contributed by atoms with Gasteiger partial charge in [0.1, 0.15) is 5.75 Å². The lowest BCUT2D eigenvalue weighted by atomic mass is 10.3. The van der Waals surface area contributed by atoms with Crippen LogP contribution in [-0.4, -0.2) is 30.9 Å². The van der Waals surface area contributed by atoms with Crippen LogP contribution in [0.3, 0.4) is 0 Å². The van der Waals surface area contributed by atoms with Crippen LogP contribution in [0.1, 0.15) is 0 Å². The van der Waals surface area contributed by atoms with Gasteiger partial charge in [0.05, 0.1) is 6.61 Å². The number of benzene rings is 1. The highest BCUT2D eigenvalue weighted by Gasteiger charge is 2.18. The van der Waals surface area contributed by atoms with Crippen LogP contribution in [0.5, 0.6) is 5.75 Å². The van der Waals surface area contributed by atoms with Crippen molar-refractivity contribution in [1.82, 2.24) is 0 Å². The molecule has 4 nitrogen and oxygen atoms in total. The maximum Gasteiger partial charge on any atom is 0.347 e. The zero-order valence-corrected chi connectivity index (χ0v) is 9.73. The van der Waals surface area contributed by atoms with Crippen LogP contribution in [0.25, 0.3) is 0 Å². The van der Waals surface area contributed by atoms with Crippen LogP contribution in [0.15, 0.2) is 28.7 Å². The van der Waals surface area contributed by atoms with Gasteiger partial charge in [0.2, 0.25) is 6.10 Å². The van der Waals surface area contributed by atoms with Crippen molar-refractivity contribution in [3.63, 3.8) is 0 Å². The third kappa shape index (κ3) is 3.89. The van der Waals surface area contributed by atoms with Gasteiger partial charge in [-0.2, -0.15) is 0 Å². The molecule has 0 heterocycles. The van der Waals surface area contributed by atoms with Gasteiger partial charge in [0, 0.05) is 11.6 Å². The molecule has 0 fully saturated rings. The van der Waals surface area contributed by atoms with Crippen LogP contribution < -0.4 is 4.74 Å². The van der Waals surface area contributed by atoms with Crippen LogP contribution in [0, 0.1) is 0 Å². The number of ether oxygens (including phenoxy) is 2. The summed E-state index contributed by atoms with van der Waals surface area (Å²) in [4.78, 5) is 10.8. The SMILES string of the molecule is COCC(Oc1cccc(Br)c1)C(=O)O. The Balaban J connectivity index is 2.69. The van der Waals surface area contributed by atoms with Crippen LogP contribution in [0.4, 0.5) is 0 Å². The molecule has 0 bridgehead atoms. The van der Waals surface area contributed by atoms with Gasteiger partial charge in [-0.3, -0.25) is 0 Å². The number of methoxy groups -OCH3 is 1. The number of hydrogen-bond donors (Lipinski definition) is 1. The molecule has 0 saturated carbocycles. The second-order valence-electron chi connectivity index (χ2n) is 2.86. The van der Waals surface area contributed by atoms with Gasteiger partial charge >= 0.3 is 5.97 Å². The largest absolute Gasteiger partial charge is 0.478 e. The van der Waals surface area contributed by atoms with Crippen molar-refractivity contribution in [2.24, 2.45) is 0 Å². The van der Waals surface area contributed by atoms with Crippen molar-refractivity contribution in [3.8, 4) is 5.75 Å². The molecule has 0 aliphatic carbocycles. The Labute approximate surface area is 95.9 Å². The molecule has 1 unspecified atom stereocenters. The van der Waals surface area contributed by atoms with E-state index in [1.54, 1.807) is 18.2 Å². The fraction of sp³-hybridized carbons (Fsp3) is 0.300. The Morgan fingerprint density at radius 3 is 2.87 bits per heavy atom. The molecule has 1 N–H and O–H groups in total.